The van der Waals surface area contributed by atoms with E-state index in [9.17, 15) is 4.79 Å². The van der Waals surface area contributed by atoms with E-state index in [1.807, 2.05) is 33.1 Å². The van der Waals surface area contributed by atoms with Gasteiger partial charge in [-0.1, -0.05) is 41.6 Å². The third kappa shape index (κ3) is 7.84. The Kier molecular flexibility index (Phi) is 8.04. The molecule has 0 aliphatic heterocycles. The van der Waals surface area contributed by atoms with E-state index >= 15 is 0 Å². The lowest BCUT2D eigenvalue weighted by molar-refractivity contribution is 0.0493. The Bertz CT molecular complexity index is 744. The zero-order valence-electron chi connectivity index (χ0n) is 16.4. The highest BCUT2D eigenvalue weighted by Crippen LogP contribution is 2.25. The SMILES string of the molecule is CSCCC(NC(=O)OC(C)(C)C)c1nnc(SCc2cccc(C)c2)o1. The lowest BCUT2D eigenvalue weighted by Gasteiger charge is -2.22. The summed E-state index contributed by atoms with van der Waals surface area (Å²) in [6.45, 7) is 7.56. The molecule has 1 aromatic carbocycles. The molecule has 0 fully saturated rings. The number of aromatic nitrogens is 2. The number of nitrogens with zero attached hydrogens (tertiary/aromatic N) is 2. The highest BCUT2D eigenvalue weighted by Gasteiger charge is 2.24. The van der Waals surface area contributed by atoms with E-state index in [0.29, 0.717) is 17.5 Å². The number of amides is 1. The number of carbonyl (C=O) groups excluding carboxylic acids is 1. The molecule has 0 spiro atoms. The molecular formula is C19H27N3O3S2. The number of rotatable bonds is 8. The quantitative estimate of drug-likeness (QED) is 0.615. The number of aryl methyl sites for hydroxylation is 1. The average molecular weight is 410 g/mol. The Hall–Kier alpha value is -1.67. The van der Waals surface area contributed by atoms with Crippen molar-refractivity contribution < 1.29 is 13.9 Å². The van der Waals surface area contributed by atoms with E-state index < -0.39 is 11.7 Å². The number of alkyl carbamates (subject to hydrolysis) is 1. The predicted octanol–water partition coefficient (Wildman–Crippen LogP) is 4.99. The lowest BCUT2D eigenvalue weighted by atomic mass is 10.2. The van der Waals surface area contributed by atoms with Crippen LogP contribution >= 0.6 is 23.5 Å². The molecule has 8 heteroatoms. The van der Waals surface area contributed by atoms with Crippen LogP contribution in [0.2, 0.25) is 0 Å². The molecule has 6 nitrogen and oxygen atoms in total. The molecule has 0 aliphatic carbocycles. The van der Waals surface area contributed by atoms with Crippen molar-refractivity contribution in [1.29, 1.82) is 0 Å². The van der Waals surface area contributed by atoms with Gasteiger partial charge < -0.3 is 14.5 Å². The zero-order chi connectivity index (χ0) is 19.9. The van der Waals surface area contributed by atoms with Crippen molar-refractivity contribution in [2.75, 3.05) is 12.0 Å². The summed E-state index contributed by atoms with van der Waals surface area (Å²) >= 11 is 3.18. The second-order valence-electron chi connectivity index (χ2n) is 7.16. The van der Waals surface area contributed by atoms with Crippen LogP contribution in [-0.2, 0) is 10.5 Å². The third-order valence-electron chi connectivity index (χ3n) is 3.47. The van der Waals surface area contributed by atoms with Gasteiger partial charge >= 0.3 is 6.09 Å². The highest BCUT2D eigenvalue weighted by molar-refractivity contribution is 7.98. The van der Waals surface area contributed by atoms with Crippen molar-refractivity contribution in [3.05, 3.63) is 41.3 Å². The summed E-state index contributed by atoms with van der Waals surface area (Å²) in [7, 11) is 0. The van der Waals surface area contributed by atoms with Crippen molar-refractivity contribution >= 4 is 29.6 Å². The molecule has 0 bridgehead atoms. The number of hydrogen-bond donors (Lipinski definition) is 1. The standard InChI is InChI=1S/C19H27N3O3S2/c1-13-7-6-8-14(11-13)12-27-18-22-21-16(24-18)15(9-10-26-5)20-17(23)25-19(2,3)4/h6-8,11,15H,9-10,12H2,1-5H3,(H,20,23). The fourth-order valence-corrected chi connectivity index (χ4v) is 3.49. The van der Waals surface area contributed by atoms with Crippen LogP contribution in [0.1, 0.15) is 50.3 Å². The molecule has 2 rings (SSSR count). The fourth-order valence-electron chi connectivity index (χ4n) is 2.31. The Balaban J connectivity index is 2.00. The molecule has 1 aromatic heterocycles. The number of ether oxygens (including phenoxy) is 1. The monoisotopic (exact) mass is 409 g/mol. The van der Waals surface area contributed by atoms with E-state index in [4.69, 9.17) is 9.15 Å². The van der Waals surface area contributed by atoms with Gasteiger partial charge in [-0.25, -0.2) is 4.79 Å². The molecule has 1 atom stereocenters. The smallest absolute Gasteiger partial charge is 0.408 e. The number of benzene rings is 1. The third-order valence-corrected chi connectivity index (χ3v) is 5.00. The van der Waals surface area contributed by atoms with Gasteiger partial charge in [-0.05, 0) is 51.7 Å². The fraction of sp³-hybridized carbons (Fsp3) is 0.526. The summed E-state index contributed by atoms with van der Waals surface area (Å²) < 4.78 is 11.1. The second-order valence-corrected chi connectivity index (χ2v) is 9.08. The van der Waals surface area contributed by atoms with Gasteiger partial charge in [-0.3, -0.25) is 0 Å². The van der Waals surface area contributed by atoms with E-state index in [-0.39, 0.29) is 6.04 Å². The van der Waals surface area contributed by atoms with Gasteiger partial charge in [0.25, 0.3) is 5.22 Å². The Labute approximate surface area is 169 Å². The van der Waals surface area contributed by atoms with E-state index in [2.05, 4.69) is 40.6 Å². The van der Waals surface area contributed by atoms with Crippen LogP contribution < -0.4 is 5.32 Å². The predicted molar refractivity (Wildman–Crippen MR) is 110 cm³/mol. The van der Waals surface area contributed by atoms with E-state index in [1.54, 1.807) is 11.8 Å². The van der Waals surface area contributed by atoms with Crippen LogP contribution in [0.25, 0.3) is 0 Å². The Morgan fingerprint density at radius 1 is 1.33 bits per heavy atom. The maximum Gasteiger partial charge on any atom is 0.408 e. The normalized spacial score (nSPS) is 12.6. The van der Waals surface area contributed by atoms with Crippen molar-refractivity contribution in [2.45, 2.75) is 56.7 Å². The summed E-state index contributed by atoms with van der Waals surface area (Å²) in [5, 5.41) is 11.6. The van der Waals surface area contributed by atoms with Gasteiger partial charge in [0.2, 0.25) is 5.89 Å². The Morgan fingerprint density at radius 2 is 2.11 bits per heavy atom. The van der Waals surface area contributed by atoms with Crippen LogP contribution in [0.5, 0.6) is 0 Å². The first kappa shape index (κ1) is 21.6. The maximum atomic E-state index is 12.1. The van der Waals surface area contributed by atoms with Gasteiger partial charge in [-0.15, -0.1) is 10.2 Å². The van der Waals surface area contributed by atoms with Crippen LogP contribution in [0.3, 0.4) is 0 Å². The number of nitrogens with one attached hydrogen (secondary N) is 1. The molecule has 0 radical (unpaired) electrons. The lowest BCUT2D eigenvalue weighted by Crippen LogP contribution is -2.35. The number of hydrogen-bond acceptors (Lipinski definition) is 7. The molecule has 1 N–H and O–H groups in total. The average Bonchev–Trinajstić information content (AvgIpc) is 3.04. The summed E-state index contributed by atoms with van der Waals surface area (Å²) in [5.41, 5.74) is 1.86. The minimum absolute atomic E-state index is 0.367. The first-order valence-electron chi connectivity index (χ1n) is 8.77. The largest absolute Gasteiger partial charge is 0.444 e. The first-order chi connectivity index (χ1) is 12.8. The summed E-state index contributed by atoms with van der Waals surface area (Å²) in [6.07, 6.45) is 2.22. The summed E-state index contributed by atoms with van der Waals surface area (Å²) in [6, 6.07) is 7.94. The molecule has 148 valence electrons. The van der Waals surface area contributed by atoms with Gasteiger partial charge in [0, 0.05) is 5.75 Å². The number of thioether (sulfide) groups is 2. The molecule has 1 amide bonds. The van der Waals surface area contributed by atoms with Gasteiger partial charge in [0.1, 0.15) is 11.6 Å². The van der Waals surface area contributed by atoms with Crippen LogP contribution in [0.15, 0.2) is 33.9 Å². The molecule has 2 aromatic rings. The maximum absolute atomic E-state index is 12.1. The van der Waals surface area contributed by atoms with E-state index in [1.165, 1.54) is 22.9 Å². The second kappa shape index (κ2) is 10.0. The topological polar surface area (TPSA) is 77.2 Å². The van der Waals surface area contributed by atoms with Gasteiger partial charge in [0.15, 0.2) is 0 Å². The van der Waals surface area contributed by atoms with Crippen molar-refractivity contribution in [3.8, 4) is 0 Å². The van der Waals surface area contributed by atoms with Crippen LogP contribution in [-0.4, -0.2) is 33.9 Å². The zero-order valence-corrected chi connectivity index (χ0v) is 18.1. The van der Waals surface area contributed by atoms with Crippen molar-refractivity contribution in [1.82, 2.24) is 15.5 Å². The van der Waals surface area contributed by atoms with Gasteiger partial charge in [-0.2, -0.15) is 11.8 Å². The van der Waals surface area contributed by atoms with Crippen molar-refractivity contribution in [3.63, 3.8) is 0 Å². The van der Waals surface area contributed by atoms with Crippen LogP contribution in [0.4, 0.5) is 4.79 Å². The molecule has 1 heterocycles. The van der Waals surface area contributed by atoms with E-state index in [0.717, 1.165) is 11.5 Å². The molecule has 0 saturated carbocycles. The first-order valence-corrected chi connectivity index (χ1v) is 11.1. The minimum atomic E-state index is -0.558. The van der Waals surface area contributed by atoms with Crippen LogP contribution in [0, 0.1) is 6.92 Å². The molecular weight excluding hydrogens is 382 g/mol. The summed E-state index contributed by atoms with van der Waals surface area (Å²) in [5.74, 6) is 2.01. The molecule has 1 unspecified atom stereocenters. The highest BCUT2D eigenvalue weighted by atomic mass is 32.2. The molecule has 0 aliphatic rings. The number of carbonyl (C=O) groups is 1. The molecule has 0 saturated heterocycles. The minimum Gasteiger partial charge on any atom is -0.444 e. The summed E-state index contributed by atoms with van der Waals surface area (Å²) in [4.78, 5) is 12.1. The molecule has 27 heavy (non-hydrogen) atoms. The van der Waals surface area contributed by atoms with Crippen molar-refractivity contribution in [2.24, 2.45) is 0 Å². The van der Waals surface area contributed by atoms with Gasteiger partial charge in [0.05, 0.1) is 0 Å². The Morgan fingerprint density at radius 3 is 2.78 bits per heavy atom.